The SMILES string of the molecule is CC1CCCC(C)N1NS(=O)(=O)c1cncc(Br)c1. The summed E-state index contributed by atoms with van der Waals surface area (Å²) in [5, 5.41) is 1.83. The maximum Gasteiger partial charge on any atom is 0.255 e. The minimum atomic E-state index is -3.56. The number of nitrogens with one attached hydrogen (secondary N) is 1. The van der Waals surface area contributed by atoms with Crippen LogP contribution in [0.4, 0.5) is 0 Å². The van der Waals surface area contributed by atoms with Crippen molar-refractivity contribution in [2.45, 2.75) is 50.1 Å². The Morgan fingerprint density at radius 1 is 1.32 bits per heavy atom. The third-order valence-corrected chi connectivity index (χ3v) is 5.14. The van der Waals surface area contributed by atoms with Gasteiger partial charge in [0.05, 0.1) is 0 Å². The summed E-state index contributed by atoms with van der Waals surface area (Å²) in [5.41, 5.74) is 0. The zero-order valence-electron chi connectivity index (χ0n) is 11.0. The Morgan fingerprint density at radius 2 is 1.95 bits per heavy atom. The van der Waals surface area contributed by atoms with Crippen LogP contribution in [0.3, 0.4) is 0 Å². The molecule has 5 nitrogen and oxygen atoms in total. The van der Waals surface area contributed by atoms with Crippen molar-refractivity contribution < 1.29 is 8.42 Å². The van der Waals surface area contributed by atoms with Gasteiger partial charge in [-0.2, -0.15) is 0 Å². The number of hydrazine groups is 1. The molecule has 2 atom stereocenters. The van der Waals surface area contributed by atoms with E-state index < -0.39 is 10.0 Å². The van der Waals surface area contributed by atoms with Crippen LogP contribution in [-0.2, 0) is 10.0 Å². The van der Waals surface area contributed by atoms with E-state index in [0.717, 1.165) is 19.3 Å². The summed E-state index contributed by atoms with van der Waals surface area (Å²) in [7, 11) is -3.56. The highest BCUT2D eigenvalue weighted by Crippen LogP contribution is 2.22. The molecule has 0 amide bonds. The maximum absolute atomic E-state index is 12.3. The minimum Gasteiger partial charge on any atom is -0.262 e. The highest BCUT2D eigenvalue weighted by molar-refractivity contribution is 9.10. The van der Waals surface area contributed by atoms with Crippen molar-refractivity contribution >= 4 is 26.0 Å². The van der Waals surface area contributed by atoms with Crippen LogP contribution in [0.2, 0.25) is 0 Å². The lowest BCUT2D eigenvalue weighted by Gasteiger charge is -2.38. The Bertz CT molecular complexity index is 540. The molecule has 0 radical (unpaired) electrons. The molecule has 2 rings (SSSR count). The summed E-state index contributed by atoms with van der Waals surface area (Å²) in [6.45, 7) is 4.08. The molecule has 1 aromatic rings. The predicted octanol–water partition coefficient (Wildman–Crippen LogP) is 2.30. The number of hydrogen-bond acceptors (Lipinski definition) is 4. The van der Waals surface area contributed by atoms with Crippen LogP contribution >= 0.6 is 15.9 Å². The van der Waals surface area contributed by atoms with Crippen molar-refractivity contribution in [3.05, 3.63) is 22.9 Å². The number of hydrogen-bond donors (Lipinski definition) is 1. The second-order valence-electron chi connectivity index (χ2n) is 4.97. The molecule has 1 saturated heterocycles. The summed E-state index contributed by atoms with van der Waals surface area (Å²) in [6.07, 6.45) is 6.06. The average Bonchev–Trinajstić information content (AvgIpc) is 2.34. The first-order valence-electron chi connectivity index (χ1n) is 6.31. The van der Waals surface area contributed by atoms with Crippen molar-refractivity contribution in [2.24, 2.45) is 0 Å². The van der Waals surface area contributed by atoms with Gasteiger partial charge >= 0.3 is 0 Å². The van der Waals surface area contributed by atoms with E-state index >= 15 is 0 Å². The van der Waals surface area contributed by atoms with Gasteiger partial charge in [0.15, 0.2) is 0 Å². The Kier molecular flexibility index (Phi) is 4.60. The lowest BCUT2D eigenvalue weighted by molar-refractivity contribution is 0.0790. The largest absolute Gasteiger partial charge is 0.262 e. The highest BCUT2D eigenvalue weighted by atomic mass is 79.9. The average molecular weight is 348 g/mol. The number of piperidine rings is 1. The van der Waals surface area contributed by atoms with Crippen LogP contribution in [-0.4, -0.2) is 30.5 Å². The first-order valence-corrected chi connectivity index (χ1v) is 8.59. The highest BCUT2D eigenvalue weighted by Gasteiger charge is 2.29. The summed E-state index contributed by atoms with van der Waals surface area (Å²) in [5.74, 6) is 0. The fourth-order valence-corrected chi connectivity index (χ4v) is 4.07. The van der Waals surface area contributed by atoms with E-state index in [9.17, 15) is 8.42 Å². The number of pyridine rings is 1. The molecular weight excluding hydrogens is 330 g/mol. The Labute approximate surface area is 122 Å². The number of sulfonamides is 1. The standard InChI is InChI=1S/C12H18BrN3O2S/c1-9-4-3-5-10(2)16(9)15-19(17,18)12-6-11(13)7-14-8-12/h6-10,15H,3-5H2,1-2H3. The van der Waals surface area contributed by atoms with Crippen LogP contribution in [0, 0.1) is 0 Å². The summed E-state index contributed by atoms with van der Waals surface area (Å²) < 4.78 is 25.3. The quantitative estimate of drug-likeness (QED) is 0.911. The molecule has 19 heavy (non-hydrogen) atoms. The predicted molar refractivity (Wildman–Crippen MR) is 76.9 cm³/mol. The zero-order valence-corrected chi connectivity index (χ0v) is 13.4. The van der Waals surface area contributed by atoms with Gasteiger partial charge in [-0.25, -0.2) is 13.4 Å². The van der Waals surface area contributed by atoms with Crippen molar-refractivity contribution in [1.29, 1.82) is 0 Å². The molecule has 1 aliphatic heterocycles. The zero-order chi connectivity index (χ0) is 14.0. The van der Waals surface area contributed by atoms with E-state index in [-0.39, 0.29) is 17.0 Å². The molecule has 2 heterocycles. The molecular formula is C12H18BrN3O2S. The monoisotopic (exact) mass is 347 g/mol. The smallest absolute Gasteiger partial charge is 0.255 e. The molecule has 0 spiro atoms. The Hall–Kier alpha value is -0.500. The van der Waals surface area contributed by atoms with Crippen LogP contribution in [0.15, 0.2) is 27.8 Å². The van der Waals surface area contributed by atoms with Crippen LogP contribution in [0.1, 0.15) is 33.1 Å². The molecule has 1 aromatic heterocycles. The third-order valence-electron chi connectivity index (χ3n) is 3.41. The summed E-state index contributed by atoms with van der Waals surface area (Å²) >= 11 is 3.24. The second-order valence-corrected chi connectivity index (χ2v) is 7.55. The van der Waals surface area contributed by atoms with Crippen LogP contribution < -0.4 is 4.83 Å². The topological polar surface area (TPSA) is 62.3 Å². The van der Waals surface area contributed by atoms with Crippen LogP contribution in [0.5, 0.6) is 0 Å². The molecule has 1 aliphatic rings. The Morgan fingerprint density at radius 3 is 2.53 bits per heavy atom. The van der Waals surface area contributed by atoms with E-state index in [2.05, 4.69) is 25.7 Å². The lowest BCUT2D eigenvalue weighted by Crippen LogP contribution is -2.53. The fraction of sp³-hybridized carbons (Fsp3) is 0.583. The van der Waals surface area contributed by atoms with Crippen LogP contribution in [0.25, 0.3) is 0 Å². The third kappa shape index (κ3) is 3.53. The van der Waals surface area contributed by atoms with Crippen molar-refractivity contribution in [2.75, 3.05) is 0 Å². The lowest BCUT2D eigenvalue weighted by atomic mass is 10.0. The molecule has 0 saturated carbocycles. The molecule has 0 aromatic carbocycles. The van der Waals surface area contributed by atoms with Gasteiger partial charge in [-0.3, -0.25) is 4.98 Å². The summed E-state index contributed by atoms with van der Waals surface area (Å²) in [6, 6.07) is 1.96. The van der Waals surface area contributed by atoms with E-state index in [1.165, 1.54) is 6.20 Å². The van der Waals surface area contributed by atoms with Gasteiger partial charge in [0.25, 0.3) is 10.0 Å². The van der Waals surface area contributed by atoms with E-state index in [1.54, 1.807) is 12.3 Å². The van der Waals surface area contributed by atoms with Crippen molar-refractivity contribution in [3.8, 4) is 0 Å². The van der Waals surface area contributed by atoms with Crippen molar-refractivity contribution in [1.82, 2.24) is 14.8 Å². The first kappa shape index (κ1) is 14.9. The minimum absolute atomic E-state index is 0.173. The van der Waals surface area contributed by atoms with Crippen molar-refractivity contribution in [3.63, 3.8) is 0 Å². The molecule has 106 valence electrons. The van der Waals surface area contributed by atoms with E-state index in [0.29, 0.717) is 4.47 Å². The van der Waals surface area contributed by atoms with Gasteiger partial charge in [0.1, 0.15) is 4.90 Å². The van der Waals surface area contributed by atoms with Gasteiger partial charge in [-0.15, -0.1) is 4.83 Å². The number of nitrogens with zero attached hydrogens (tertiary/aromatic N) is 2. The number of aromatic nitrogens is 1. The van der Waals surface area contributed by atoms with Gasteiger partial charge in [-0.05, 0) is 48.7 Å². The second kappa shape index (κ2) is 5.87. The molecule has 2 unspecified atom stereocenters. The first-order chi connectivity index (χ1) is 8.90. The maximum atomic E-state index is 12.3. The molecule has 1 N–H and O–H groups in total. The molecule has 0 bridgehead atoms. The number of halogens is 1. The molecule has 0 aliphatic carbocycles. The van der Waals surface area contributed by atoms with Gasteiger partial charge < -0.3 is 0 Å². The Balaban J connectivity index is 2.21. The van der Waals surface area contributed by atoms with E-state index in [1.807, 2.05) is 18.9 Å². The van der Waals surface area contributed by atoms with Gasteiger partial charge in [0.2, 0.25) is 0 Å². The summed E-state index contributed by atoms with van der Waals surface area (Å²) in [4.78, 5) is 6.75. The normalized spacial score (nSPS) is 25.4. The fourth-order valence-electron chi connectivity index (χ4n) is 2.33. The molecule has 7 heteroatoms. The van der Waals surface area contributed by atoms with Gasteiger partial charge in [0, 0.05) is 29.0 Å². The molecule has 1 fully saturated rings. The van der Waals surface area contributed by atoms with E-state index in [4.69, 9.17) is 0 Å². The van der Waals surface area contributed by atoms with Gasteiger partial charge in [-0.1, -0.05) is 6.42 Å². The number of rotatable bonds is 3.